The van der Waals surface area contributed by atoms with Crippen LogP contribution in [0.25, 0.3) is 0 Å². The number of nitrogens with zero attached hydrogens (tertiary/aromatic N) is 1. The molecule has 0 bridgehead atoms. The van der Waals surface area contributed by atoms with Crippen LogP contribution in [0.3, 0.4) is 0 Å². The first-order valence-corrected chi connectivity index (χ1v) is 6.62. The van der Waals surface area contributed by atoms with Crippen molar-refractivity contribution in [2.45, 2.75) is 36.9 Å². The number of ether oxygens (including phenoxy) is 1. The molecule has 0 spiro atoms. The molecule has 1 N–H and O–H groups in total. The third-order valence-electron chi connectivity index (χ3n) is 2.65. The van der Waals surface area contributed by atoms with E-state index in [4.69, 9.17) is 4.74 Å². The Morgan fingerprint density at radius 2 is 2.50 bits per heavy atom. The molecule has 4 heteroatoms. The molecule has 1 aromatic heterocycles. The highest BCUT2D eigenvalue weighted by molar-refractivity contribution is 7.99. The topological polar surface area (TPSA) is 42.4 Å². The summed E-state index contributed by atoms with van der Waals surface area (Å²) in [5.74, 6) is 0.996. The Morgan fingerprint density at radius 3 is 3.06 bits per heavy atom. The molecular formula is C12H17NO2S. The smallest absolute Gasteiger partial charge is 0.0931 e. The van der Waals surface area contributed by atoms with Gasteiger partial charge in [-0.3, -0.25) is 4.98 Å². The largest absolute Gasteiger partial charge is 0.387 e. The summed E-state index contributed by atoms with van der Waals surface area (Å²) in [6, 6.07) is 3.89. The van der Waals surface area contributed by atoms with Gasteiger partial charge in [0.15, 0.2) is 0 Å². The first kappa shape index (κ1) is 11.9. The van der Waals surface area contributed by atoms with Gasteiger partial charge in [0, 0.05) is 23.5 Å². The zero-order chi connectivity index (χ0) is 11.4. The number of aliphatic hydroxyl groups is 1. The molecule has 0 saturated carbocycles. The number of thioether (sulfide) groups is 1. The van der Waals surface area contributed by atoms with Crippen molar-refractivity contribution >= 4 is 11.8 Å². The molecule has 0 aromatic carbocycles. The first-order valence-electron chi connectivity index (χ1n) is 5.64. The molecule has 2 atom stereocenters. The third kappa shape index (κ3) is 3.20. The van der Waals surface area contributed by atoms with Crippen molar-refractivity contribution < 1.29 is 9.84 Å². The van der Waals surface area contributed by atoms with Crippen LogP contribution in [0.5, 0.6) is 0 Å². The van der Waals surface area contributed by atoms with Crippen molar-refractivity contribution in [1.29, 1.82) is 0 Å². The summed E-state index contributed by atoms with van der Waals surface area (Å²) in [4.78, 5) is 5.35. The monoisotopic (exact) mass is 239 g/mol. The number of rotatable bonds is 4. The molecule has 16 heavy (non-hydrogen) atoms. The Labute approximate surface area is 100 Å². The second-order valence-corrected chi connectivity index (χ2v) is 5.13. The highest BCUT2D eigenvalue weighted by atomic mass is 32.2. The minimum Gasteiger partial charge on any atom is -0.387 e. The summed E-state index contributed by atoms with van der Waals surface area (Å²) in [5.41, 5.74) is 0.724. The van der Waals surface area contributed by atoms with Gasteiger partial charge in [-0.25, -0.2) is 0 Å². The predicted octanol–water partition coefficient (Wildman–Crippen LogP) is 2.41. The number of pyridine rings is 1. The lowest BCUT2D eigenvalue weighted by molar-refractivity contribution is 0.129. The molecule has 2 rings (SSSR count). The fourth-order valence-corrected chi connectivity index (χ4v) is 2.62. The Morgan fingerprint density at radius 1 is 1.62 bits per heavy atom. The molecule has 1 aliphatic rings. The standard InChI is InChI=1S/C12H17NO2S/c1-9(14)12-5-4-11(7-13-12)16-8-10-3-2-6-15-10/h4-5,7,9-10,14H,2-3,6,8H2,1H3. The average Bonchev–Trinajstić information content (AvgIpc) is 2.80. The van der Waals surface area contributed by atoms with Gasteiger partial charge in [0.1, 0.15) is 0 Å². The maximum atomic E-state index is 9.33. The zero-order valence-electron chi connectivity index (χ0n) is 9.43. The lowest BCUT2D eigenvalue weighted by Crippen LogP contribution is -2.07. The number of aromatic nitrogens is 1. The van der Waals surface area contributed by atoms with Crippen LogP contribution in [0, 0.1) is 0 Å². The van der Waals surface area contributed by atoms with Gasteiger partial charge in [-0.2, -0.15) is 0 Å². The van der Waals surface area contributed by atoms with Gasteiger partial charge in [0.2, 0.25) is 0 Å². The molecule has 1 fully saturated rings. The van der Waals surface area contributed by atoms with E-state index in [1.54, 1.807) is 18.7 Å². The third-order valence-corrected chi connectivity index (χ3v) is 3.76. The van der Waals surface area contributed by atoms with Gasteiger partial charge in [-0.1, -0.05) is 0 Å². The van der Waals surface area contributed by atoms with Crippen LogP contribution >= 0.6 is 11.8 Å². The van der Waals surface area contributed by atoms with Crippen LogP contribution in [0.15, 0.2) is 23.2 Å². The van der Waals surface area contributed by atoms with Gasteiger partial charge < -0.3 is 9.84 Å². The van der Waals surface area contributed by atoms with Crippen molar-refractivity contribution in [3.05, 3.63) is 24.0 Å². The number of hydrogen-bond acceptors (Lipinski definition) is 4. The average molecular weight is 239 g/mol. The highest BCUT2D eigenvalue weighted by Gasteiger charge is 2.15. The summed E-state index contributed by atoms with van der Waals surface area (Å²) >= 11 is 1.77. The van der Waals surface area contributed by atoms with Crippen molar-refractivity contribution in [3.63, 3.8) is 0 Å². The van der Waals surface area contributed by atoms with E-state index in [2.05, 4.69) is 4.98 Å². The zero-order valence-corrected chi connectivity index (χ0v) is 10.2. The minimum absolute atomic E-state index is 0.404. The van der Waals surface area contributed by atoms with Crippen LogP contribution in [0.4, 0.5) is 0 Å². The first-order chi connectivity index (χ1) is 7.75. The van der Waals surface area contributed by atoms with E-state index in [0.717, 1.165) is 22.9 Å². The van der Waals surface area contributed by atoms with E-state index in [-0.39, 0.29) is 0 Å². The van der Waals surface area contributed by atoms with Crippen molar-refractivity contribution in [2.24, 2.45) is 0 Å². The summed E-state index contributed by atoms with van der Waals surface area (Å²) in [7, 11) is 0. The lowest BCUT2D eigenvalue weighted by Gasteiger charge is -2.09. The van der Waals surface area contributed by atoms with E-state index in [1.807, 2.05) is 18.3 Å². The molecule has 2 unspecified atom stereocenters. The van der Waals surface area contributed by atoms with Crippen LogP contribution in [0.1, 0.15) is 31.6 Å². The maximum absolute atomic E-state index is 9.33. The molecule has 0 radical (unpaired) electrons. The molecule has 3 nitrogen and oxygen atoms in total. The normalized spacial score (nSPS) is 22.2. The van der Waals surface area contributed by atoms with Gasteiger partial charge in [0.25, 0.3) is 0 Å². The molecule has 88 valence electrons. The molecule has 0 aliphatic carbocycles. The van der Waals surface area contributed by atoms with Gasteiger partial charge in [-0.05, 0) is 31.9 Å². The predicted molar refractivity (Wildman–Crippen MR) is 64.6 cm³/mol. The second-order valence-electron chi connectivity index (χ2n) is 4.04. The summed E-state index contributed by atoms with van der Waals surface area (Å²) < 4.78 is 5.56. The Kier molecular flexibility index (Phi) is 4.21. The Hall–Kier alpha value is -0.580. The maximum Gasteiger partial charge on any atom is 0.0931 e. The Bertz CT molecular complexity index is 320. The van der Waals surface area contributed by atoms with E-state index in [9.17, 15) is 5.11 Å². The van der Waals surface area contributed by atoms with E-state index >= 15 is 0 Å². The van der Waals surface area contributed by atoms with Crippen molar-refractivity contribution in [2.75, 3.05) is 12.4 Å². The fourth-order valence-electron chi connectivity index (χ4n) is 1.69. The summed E-state index contributed by atoms with van der Waals surface area (Å²) in [5, 5.41) is 9.33. The van der Waals surface area contributed by atoms with Crippen LogP contribution < -0.4 is 0 Å². The second kappa shape index (κ2) is 5.66. The number of aliphatic hydroxyl groups excluding tert-OH is 1. The van der Waals surface area contributed by atoms with Crippen molar-refractivity contribution in [3.8, 4) is 0 Å². The SMILES string of the molecule is CC(O)c1ccc(SCC2CCCO2)cn1. The summed E-state index contributed by atoms with van der Waals surface area (Å²) in [6.45, 7) is 2.63. The van der Waals surface area contributed by atoms with Crippen LogP contribution in [-0.2, 0) is 4.74 Å². The van der Waals surface area contributed by atoms with E-state index < -0.39 is 6.10 Å². The molecule has 0 amide bonds. The minimum atomic E-state index is -0.489. The van der Waals surface area contributed by atoms with Crippen LogP contribution in [-0.4, -0.2) is 28.6 Å². The van der Waals surface area contributed by atoms with Gasteiger partial charge in [0.05, 0.1) is 17.9 Å². The molecule has 1 aliphatic heterocycles. The summed E-state index contributed by atoms with van der Waals surface area (Å²) in [6.07, 6.45) is 4.09. The fraction of sp³-hybridized carbons (Fsp3) is 0.583. The van der Waals surface area contributed by atoms with E-state index in [1.165, 1.54) is 12.8 Å². The quantitative estimate of drug-likeness (QED) is 0.819. The number of hydrogen-bond donors (Lipinski definition) is 1. The van der Waals surface area contributed by atoms with Gasteiger partial charge >= 0.3 is 0 Å². The van der Waals surface area contributed by atoms with Crippen molar-refractivity contribution in [1.82, 2.24) is 4.98 Å². The van der Waals surface area contributed by atoms with E-state index in [0.29, 0.717) is 6.10 Å². The molecule has 1 aromatic rings. The Balaban J connectivity index is 1.84. The molecule has 1 saturated heterocycles. The lowest BCUT2D eigenvalue weighted by atomic mass is 10.2. The molecule has 2 heterocycles. The van der Waals surface area contributed by atoms with Gasteiger partial charge in [-0.15, -0.1) is 11.8 Å². The van der Waals surface area contributed by atoms with Crippen LogP contribution in [0.2, 0.25) is 0 Å². The molecular weight excluding hydrogens is 222 g/mol. The highest BCUT2D eigenvalue weighted by Crippen LogP contribution is 2.23.